The van der Waals surface area contributed by atoms with Gasteiger partial charge in [0.15, 0.2) is 5.78 Å². The van der Waals surface area contributed by atoms with E-state index in [0.29, 0.717) is 12.1 Å². The van der Waals surface area contributed by atoms with E-state index in [-0.39, 0.29) is 18.0 Å². The molecule has 0 aliphatic heterocycles. The van der Waals surface area contributed by atoms with Gasteiger partial charge in [-0.15, -0.1) is 11.8 Å². The van der Waals surface area contributed by atoms with Crippen LogP contribution in [-0.2, 0) is 0 Å². The zero-order valence-corrected chi connectivity index (χ0v) is 12.3. The lowest BCUT2D eigenvalue weighted by atomic mass is 10.1. The first-order chi connectivity index (χ1) is 9.60. The van der Waals surface area contributed by atoms with E-state index in [1.54, 1.807) is 24.3 Å². The molecule has 4 nitrogen and oxygen atoms in total. The quantitative estimate of drug-likeness (QED) is 0.202. The van der Waals surface area contributed by atoms with Crippen LogP contribution in [-0.4, -0.2) is 29.4 Å². The molecule has 1 aromatic carbocycles. The normalized spacial score (nSPS) is 11.0. The van der Waals surface area contributed by atoms with Gasteiger partial charge in [0.1, 0.15) is 5.84 Å². The van der Waals surface area contributed by atoms with Gasteiger partial charge < -0.3 is 0 Å². The molecule has 0 aliphatic rings. The van der Waals surface area contributed by atoms with Crippen LogP contribution in [0, 0.1) is 5.41 Å². The average Bonchev–Trinajstić information content (AvgIpc) is 2.50. The summed E-state index contributed by atoms with van der Waals surface area (Å²) in [6.07, 6.45) is 5.49. The number of benzene rings is 1. The molecule has 106 valence electrons. The van der Waals surface area contributed by atoms with Crippen LogP contribution >= 0.6 is 11.8 Å². The molecule has 0 saturated heterocycles. The number of Topliss-reactive ketones (excluding diaryl/α,β-unsaturated/α-hetero) is 1. The molecule has 0 aliphatic carbocycles. The highest BCUT2D eigenvalue weighted by Gasteiger charge is 2.12. The van der Waals surface area contributed by atoms with Gasteiger partial charge in [-0.2, -0.15) is 0 Å². The van der Waals surface area contributed by atoms with Crippen LogP contribution < -0.4 is 5.84 Å². The Morgan fingerprint density at radius 2 is 2.10 bits per heavy atom. The molecule has 0 fully saturated rings. The van der Waals surface area contributed by atoms with Gasteiger partial charge in [-0.1, -0.05) is 43.0 Å². The van der Waals surface area contributed by atoms with E-state index in [1.807, 2.05) is 24.5 Å². The largest absolute Gasteiger partial charge is 0.294 e. The van der Waals surface area contributed by atoms with Gasteiger partial charge in [0.2, 0.25) is 0 Å². The lowest BCUT2D eigenvalue weighted by Gasteiger charge is -2.19. The maximum atomic E-state index is 11.9. The van der Waals surface area contributed by atoms with Crippen LogP contribution in [0.5, 0.6) is 0 Å². The summed E-state index contributed by atoms with van der Waals surface area (Å²) in [6.45, 7) is 3.91. The van der Waals surface area contributed by atoms with E-state index in [0.717, 1.165) is 4.91 Å². The number of hydrogen-bond acceptors (Lipinski definition) is 4. The summed E-state index contributed by atoms with van der Waals surface area (Å²) in [4.78, 5) is 12.7. The molecule has 0 radical (unpaired) electrons. The molecule has 1 aromatic rings. The van der Waals surface area contributed by atoms with Crippen LogP contribution in [0.15, 0.2) is 54.0 Å². The molecular weight excluding hydrogens is 270 g/mol. The van der Waals surface area contributed by atoms with Crippen LogP contribution in [0.2, 0.25) is 0 Å². The molecule has 0 bridgehead atoms. The van der Waals surface area contributed by atoms with Crippen molar-refractivity contribution in [3.05, 3.63) is 59.5 Å². The number of thioether (sulfide) groups is 1. The number of ketones is 1. The van der Waals surface area contributed by atoms with E-state index in [1.165, 1.54) is 16.8 Å². The Kier molecular flexibility index (Phi) is 6.76. The molecule has 20 heavy (non-hydrogen) atoms. The van der Waals surface area contributed by atoms with Crippen LogP contribution in [0.25, 0.3) is 0 Å². The van der Waals surface area contributed by atoms with Gasteiger partial charge in [0.05, 0.1) is 4.91 Å². The molecular formula is C15H19N3OS. The second kappa shape index (κ2) is 8.35. The van der Waals surface area contributed by atoms with E-state index < -0.39 is 0 Å². The first kappa shape index (κ1) is 16.2. The van der Waals surface area contributed by atoms with Crippen LogP contribution in [0.3, 0.4) is 0 Å². The average molecular weight is 289 g/mol. The number of allylic oxidation sites excluding steroid dienone is 2. The summed E-state index contributed by atoms with van der Waals surface area (Å²) >= 11 is 1.42. The highest BCUT2D eigenvalue weighted by Crippen LogP contribution is 2.14. The topological polar surface area (TPSA) is 70.2 Å². The minimum atomic E-state index is 0.0206. The summed E-state index contributed by atoms with van der Waals surface area (Å²) in [5, 5.41) is 9.24. The number of hydrazine groups is 1. The molecule has 0 saturated carbocycles. The highest BCUT2D eigenvalue weighted by molar-refractivity contribution is 8.03. The van der Waals surface area contributed by atoms with Crippen molar-refractivity contribution in [2.24, 2.45) is 5.84 Å². The van der Waals surface area contributed by atoms with Crippen molar-refractivity contribution >= 4 is 23.4 Å². The van der Waals surface area contributed by atoms with E-state index in [4.69, 9.17) is 11.3 Å². The van der Waals surface area contributed by atoms with Crippen LogP contribution in [0.1, 0.15) is 16.8 Å². The van der Waals surface area contributed by atoms with E-state index in [9.17, 15) is 4.79 Å². The standard InChI is InChI=1S/C15H19N3OS/c1-3-7-14(20-2)15(16)18(17)11-10-13(19)12-8-5-4-6-9-12/h3-9,16H,1,10-11,17H2,2H3/b14-7-,16-15?. The summed E-state index contributed by atoms with van der Waals surface area (Å²) in [7, 11) is 0. The number of amidine groups is 1. The molecule has 0 heterocycles. The lowest BCUT2D eigenvalue weighted by Crippen LogP contribution is -2.39. The minimum Gasteiger partial charge on any atom is -0.294 e. The third kappa shape index (κ3) is 4.68. The fourth-order valence-corrected chi connectivity index (χ4v) is 2.14. The minimum absolute atomic E-state index is 0.0206. The second-order valence-corrected chi connectivity index (χ2v) is 4.90. The van der Waals surface area contributed by atoms with Gasteiger partial charge in [-0.25, -0.2) is 5.84 Å². The van der Waals surface area contributed by atoms with Crippen molar-refractivity contribution in [2.75, 3.05) is 12.8 Å². The number of carbonyl (C=O) groups excluding carboxylic acids is 1. The Morgan fingerprint density at radius 1 is 1.45 bits per heavy atom. The number of nitrogens with one attached hydrogen (secondary N) is 1. The molecule has 0 unspecified atom stereocenters. The number of carbonyl (C=O) groups is 1. The Labute approximate surface area is 123 Å². The predicted molar refractivity (Wildman–Crippen MR) is 85.8 cm³/mol. The maximum Gasteiger partial charge on any atom is 0.164 e. The van der Waals surface area contributed by atoms with Crippen molar-refractivity contribution < 1.29 is 4.79 Å². The molecule has 0 amide bonds. The van der Waals surface area contributed by atoms with Gasteiger partial charge in [-0.3, -0.25) is 15.2 Å². The summed E-state index contributed by atoms with van der Waals surface area (Å²) < 4.78 is 0. The molecule has 0 atom stereocenters. The van der Waals surface area contributed by atoms with Gasteiger partial charge in [0.25, 0.3) is 0 Å². The van der Waals surface area contributed by atoms with Crippen molar-refractivity contribution in [1.29, 1.82) is 5.41 Å². The number of rotatable bonds is 7. The number of nitrogens with two attached hydrogens (primary N) is 1. The Hall–Kier alpha value is -1.85. The maximum absolute atomic E-state index is 11.9. The summed E-state index contributed by atoms with van der Waals surface area (Å²) in [5.41, 5.74) is 0.666. The Balaban J connectivity index is 2.57. The molecule has 1 rings (SSSR count). The van der Waals surface area contributed by atoms with Crippen molar-refractivity contribution in [3.8, 4) is 0 Å². The number of hydrogen-bond donors (Lipinski definition) is 2. The van der Waals surface area contributed by atoms with E-state index in [2.05, 4.69) is 6.58 Å². The van der Waals surface area contributed by atoms with Gasteiger partial charge >= 0.3 is 0 Å². The molecule has 3 N–H and O–H groups in total. The van der Waals surface area contributed by atoms with Crippen LogP contribution in [0.4, 0.5) is 0 Å². The third-order valence-electron chi connectivity index (χ3n) is 2.69. The monoisotopic (exact) mass is 289 g/mol. The van der Waals surface area contributed by atoms with E-state index >= 15 is 0 Å². The first-order valence-corrected chi connectivity index (χ1v) is 7.38. The third-order valence-corrected chi connectivity index (χ3v) is 3.45. The summed E-state index contributed by atoms with van der Waals surface area (Å²) in [5.74, 6) is 6.03. The fraction of sp³-hybridized carbons (Fsp3) is 0.200. The Morgan fingerprint density at radius 3 is 2.65 bits per heavy atom. The van der Waals surface area contributed by atoms with Crippen molar-refractivity contribution in [1.82, 2.24) is 5.01 Å². The van der Waals surface area contributed by atoms with Gasteiger partial charge in [-0.05, 0) is 12.3 Å². The fourth-order valence-electron chi connectivity index (χ4n) is 1.59. The Bertz CT molecular complexity index is 511. The predicted octanol–water partition coefficient (Wildman–Crippen LogP) is 2.85. The van der Waals surface area contributed by atoms with Crippen molar-refractivity contribution in [3.63, 3.8) is 0 Å². The smallest absolute Gasteiger partial charge is 0.164 e. The lowest BCUT2D eigenvalue weighted by molar-refractivity contribution is 0.0974. The summed E-state index contributed by atoms with van der Waals surface area (Å²) in [6, 6.07) is 9.08. The molecule has 0 spiro atoms. The zero-order chi connectivity index (χ0) is 15.0. The SMILES string of the molecule is C=C/C=C(\SC)C(=N)N(N)CCC(=O)c1ccccc1. The highest BCUT2D eigenvalue weighted by atomic mass is 32.2. The number of nitrogens with zero attached hydrogens (tertiary/aromatic N) is 1. The molecule has 5 heteroatoms. The zero-order valence-electron chi connectivity index (χ0n) is 11.5. The van der Waals surface area contributed by atoms with Crippen molar-refractivity contribution in [2.45, 2.75) is 6.42 Å². The molecule has 0 aromatic heterocycles. The van der Waals surface area contributed by atoms with Gasteiger partial charge in [0, 0.05) is 18.5 Å². The second-order valence-electron chi connectivity index (χ2n) is 4.05. The first-order valence-electron chi connectivity index (χ1n) is 6.16.